The van der Waals surface area contributed by atoms with Gasteiger partial charge in [-0.3, -0.25) is 0 Å². The Kier molecular flexibility index (Phi) is 13.0. The van der Waals surface area contributed by atoms with Crippen molar-refractivity contribution >= 4 is 41.0 Å². The number of β-amino-alcohol motifs (C(OH)–C–C–N with tert-alkyl or cyclic N) is 1. The molecule has 0 saturated heterocycles. The largest absolute Gasteiger partial charge is 0.478 e. The molecule has 1 atom stereocenters. The highest BCUT2D eigenvalue weighted by molar-refractivity contribution is 8.00. The van der Waals surface area contributed by atoms with Crippen molar-refractivity contribution in [3.05, 3.63) is 17.0 Å². The lowest BCUT2D eigenvalue weighted by Gasteiger charge is -2.22. The predicted octanol–water partition coefficient (Wildman–Crippen LogP) is 1.88. The maximum Gasteiger partial charge on any atom is 0.354 e. The van der Waals surface area contributed by atoms with Crippen molar-refractivity contribution in [3.63, 3.8) is 0 Å². The van der Waals surface area contributed by atoms with Gasteiger partial charge in [-0.1, -0.05) is 23.1 Å². The van der Waals surface area contributed by atoms with Gasteiger partial charge in [-0.05, 0) is 34.0 Å². The van der Waals surface area contributed by atoms with Crippen molar-refractivity contribution in [1.29, 1.82) is 0 Å². The Morgan fingerprint density at radius 1 is 1.23 bits per heavy atom. The zero-order chi connectivity index (χ0) is 23.3. The van der Waals surface area contributed by atoms with Crippen molar-refractivity contribution < 1.29 is 39.2 Å². The number of aromatic nitrogens is 1. The Hall–Kier alpha value is -2.15. The summed E-state index contributed by atoms with van der Waals surface area (Å²) in [5.74, 6) is -2.74. The lowest BCUT2D eigenvalue weighted by molar-refractivity contribution is -0.134. The number of hydrogen-bond donors (Lipinski definition) is 4. The standard InChI is InChI=1S/C14H24N2O4S2.C4H4O4/c1-6-19-12(18)10-11(16-13(21-5)22-10)20-8-9(17)7-15-14(2,3)4;5-3(6)1-2-4(7)8/h9,15,17H,6-8H2,1-5H3;1-2H,(H,5,6)(H,7,8)/t9-;/m0./s1. The van der Waals surface area contributed by atoms with Crippen LogP contribution in [0.25, 0.3) is 0 Å². The fourth-order valence-electron chi connectivity index (χ4n) is 1.60. The predicted molar refractivity (Wildman–Crippen MR) is 114 cm³/mol. The Morgan fingerprint density at radius 3 is 2.23 bits per heavy atom. The first kappa shape index (κ1) is 27.8. The molecule has 0 aliphatic carbocycles. The summed E-state index contributed by atoms with van der Waals surface area (Å²) in [6.45, 7) is 8.56. The molecule has 1 aromatic rings. The minimum Gasteiger partial charge on any atom is -0.478 e. The van der Waals surface area contributed by atoms with Gasteiger partial charge in [0.2, 0.25) is 5.88 Å². The van der Waals surface area contributed by atoms with E-state index in [1.807, 2.05) is 27.0 Å². The quantitative estimate of drug-likeness (QED) is 0.228. The van der Waals surface area contributed by atoms with Gasteiger partial charge >= 0.3 is 17.9 Å². The van der Waals surface area contributed by atoms with Crippen LogP contribution in [-0.2, 0) is 14.3 Å². The van der Waals surface area contributed by atoms with E-state index in [9.17, 15) is 19.5 Å². The molecular formula is C18H28N2O8S2. The summed E-state index contributed by atoms with van der Waals surface area (Å²) in [6.07, 6.45) is 2.30. The summed E-state index contributed by atoms with van der Waals surface area (Å²) in [4.78, 5) is 35.6. The fraction of sp³-hybridized carbons (Fsp3) is 0.556. The van der Waals surface area contributed by atoms with Crippen molar-refractivity contribution in [1.82, 2.24) is 10.3 Å². The average molecular weight is 465 g/mol. The van der Waals surface area contributed by atoms with E-state index in [1.165, 1.54) is 23.1 Å². The number of rotatable bonds is 10. The van der Waals surface area contributed by atoms with Crippen LogP contribution in [0.15, 0.2) is 16.5 Å². The van der Waals surface area contributed by atoms with Gasteiger partial charge in [0.1, 0.15) is 12.7 Å². The third-order valence-electron chi connectivity index (χ3n) is 2.86. The van der Waals surface area contributed by atoms with E-state index in [0.29, 0.717) is 30.2 Å². The molecule has 4 N–H and O–H groups in total. The number of thioether (sulfide) groups is 1. The third-order valence-corrected chi connectivity index (χ3v) is 4.86. The van der Waals surface area contributed by atoms with Crippen LogP contribution in [0.4, 0.5) is 0 Å². The van der Waals surface area contributed by atoms with Crippen molar-refractivity contribution in [2.45, 2.75) is 43.7 Å². The molecular weight excluding hydrogens is 436 g/mol. The minimum atomic E-state index is -1.26. The number of nitrogens with one attached hydrogen (secondary N) is 1. The van der Waals surface area contributed by atoms with E-state index in [-0.39, 0.29) is 18.0 Å². The van der Waals surface area contributed by atoms with Crippen LogP contribution in [0.2, 0.25) is 0 Å². The molecule has 1 rings (SSSR count). The Balaban J connectivity index is 0.000000890. The number of ether oxygens (including phenoxy) is 2. The van der Waals surface area contributed by atoms with Crippen LogP contribution in [0.1, 0.15) is 37.4 Å². The van der Waals surface area contributed by atoms with E-state index < -0.39 is 24.0 Å². The molecule has 10 nitrogen and oxygen atoms in total. The molecule has 0 spiro atoms. The summed E-state index contributed by atoms with van der Waals surface area (Å²) < 4.78 is 11.2. The Bertz CT molecular complexity index is 712. The van der Waals surface area contributed by atoms with E-state index >= 15 is 0 Å². The molecule has 0 saturated carbocycles. The van der Waals surface area contributed by atoms with Crippen LogP contribution in [0.5, 0.6) is 5.88 Å². The highest BCUT2D eigenvalue weighted by Crippen LogP contribution is 2.31. The van der Waals surface area contributed by atoms with Gasteiger partial charge in [-0.15, -0.1) is 0 Å². The molecule has 0 fully saturated rings. The van der Waals surface area contributed by atoms with Gasteiger partial charge < -0.3 is 30.1 Å². The van der Waals surface area contributed by atoms with E-state index in [4.69, 9.17) is 19.7 Å². The number of carbonyl (C=O) groups excluding carboxylic acids is 1. The number of aliphatic hydroxyl groups is 1. The number of hydrogen-bond acceptors (Lipinski definition) is 10. The van der Waals surface area contributed by atoms with Crippen LogP contribution >= 0.6 is 23.1 Å². The summed E-state index contributed by atoms with van der Waals surface area (Å²) in [5.41, 5.74) is -0.0796. The van der Waals surface area contributed by atoms with Gasteiger partial charge in [0, 0.05) is 24.2 Å². The van der Waals surface area contributed by atoms with Crippen molar-refractivity contribution in [3.8, 4) is 5.88 Å². The molecule has 0 aromatic carbocycles. The first-order valence-electron chi connectivity index (χ1n) is 8.81. The van der Waals surface area contributed by atoms with E-state index in [1.54, 1.807) is 6.92 Å². The fourth-order valence-corrected chi connectivity index (χ4v) is 2.99. The zero-order valence-corrected chi connectivity index (χ0v) is 19.1. The van der Waals surface area contributed by atoms with Gasteiger partial charge in [-0.2, -0.15) is 4.98 Å². The number of thiazole rings is 1. The number of nitrogens with zero attached hydrogens (tertiary/aromatic N) is 1. The second kappa shape index (κ2) is 14.0. The van der Waals surface area contributed by atoms with Gasteiger partial charge in [0.25, 0.3) is 0 Å². The SMILES string of the molecule is CCOC(=O)c1sc(SC)nc1OC[C@@H](O)CNC(C)(C)C.O=C(O)C=CC(=O)O. The van der Waals surface area contributed by atoms with Gasteiger partial charge in [0.15, 0.2) is 9.22 Å². The molecule has 0 aliphatic heterocycles. The highest BCUT2D eigenvalue weighted by Gasteiger charge is 2.22. The molecule has 1 heterocycles. The summed E-state index contributed by atoms with van der Waals surface area (Å²) >= 11 is 2.66. The molecule has 0 bridgehead atoms. The van der Waals surface area contributed by atoms with Crippen LogP contribution in [-0.4, -0.2) is 75.9 Å². The smallest absolute Gasteiger partial charge is 0.354 e. The van der Waals surface area contributed by atoms with E-state index in [0.717, 1.165) is 4.34 Å². The molecule has 12 heteroatoms. The minimum absolute atomic E-state index is 0.0625. The number of aliphatic carboxylic acids is 2. The topological polar surface area (TPSA) is 155 Å². The van der Waals surface area contributed by atoms with Crippen LogP contribution in [0.3, 0.4) is 0 Å². The number of aliphatic hydroxyl groups excluding tert-OH is 1. The average Bonchev–Trinajstić information content (AvgIpc) is 3.06. The van der Waals surface area contributed by atoms with Gasteiger partial charge in [-0.25, -0.2) is 14.4 Å². The second-order valence-electron chi connectivity index (χ2n) is 6.64. The number of carbonyl (C=O) groups is 3. The molecule has 0 unspecified atom stereocenters. The molecule has 0 aliphatic rings. The lowest BCUT2D eigenvalue weighted by atomic mass is 10.1. The first-order chi connectivity index (χ1) is 13.9. The van der Waals surface area contributed by atoms with Gasteiger partial charge in [0.05, 0.1) is 6.61 Å². The maximum absolute atomic E-state index is 11.9. The normalized spacial score (nSPS) is 12.1. The highest BCUT2D eigenvalue weighted by atomic mass is 32.2. The first-order valence-corrected chi connectivity index (χ1v) is 10.9. The molecule has 1 aromatic heterocycles. The van der Waals surface area contributed by atoms with Crippen LogP contribution < -0.4 is 10.1 Å². The number of carboxylic acid groups (broad SMARTS) is 2. The van der Waals surface area contributed by atoms with Crippen molar-refractivity contribution in [2.75, 3.05) is 26.0 Å². The summed E-state index contributed by atoms with van der Waals surface area (Å²) in [5, 5.41) is 28.8. The number of esters is 1. The van der Waals surface area contributed by atoms with Crippen molar-refractivity contribution in [2.24, 2.45) is 0 Å². The molecule has 0 radical (unpaired) electrons. The monoisotopic (exact) mass is 464 g/mol. The lowest BCUT2D eigenvalue weighted by Crippen LogP contribution is -2.42. The Labute approximate surface area is 183 Å². The molecule has 170 valence electrons. The number of carboxylic acids is 2. The molecule has 0 amide bonds. The van der Waals surface area contributed by atoms with E-state index in [2.05, 4.69) is 10.3 Å². The summed E-state index contributed by atoms with van der Waals surface area (Å²) in [6, 6.07) is 0. The van der Waals surface area contributed by atoms with Crippen LogP contribution in [0, 0.1) is 0 Å². The summed E-state index contributed by atoms with van der Waals surface area (Å²) in [7, 11) is 0. The maximum atomic E-state index is 11.9. The zero-order valence-electron chi connectivity index (χ0n) is 17.5. The second-order valence-corrected chi connectivity index (χ2v) is 8.70. The third kappa shape index (κ3) is 13.1. The molecule has 30 heavy (non-hydrogen) atoms. The Morgan fingerprint density at radius 2 is 1.80 bits per heavy atom.